The van der Waals surface area contributed by atoms with Crippen LogP contribution >= 0.6 is 11.6 Å². The lowest BCUT2D eigenvalue weighted by Gasteiger charge is -2.14. The summed E-state index contributed by atoms with van der Waals surface area (Å²) in [6, 6.07) is 17.5. The lowest BCUT2D eigenvalue weighted by Crippen LogP contribution is -2.14. The average Bonchev–Trinajstić information content (AvgIpc) is 3.19. The normalized spacial score (nSPS) is 10.8. The zero-order valence-corrected chi connectivity index (χ0v) is 20.4. The lowest BCUT2D eigenvalue weighted by molar-refractivity contribution is 0.102. The Morgan fingerprint density at radius 3 is 2.63 bits per heavy atom. The minimum atomic E-state index is -0.390. The van der Waals surface area contributed by atoms with E-state index in [1.807, 2.05) is 32.0 Å². The molecule has 0 atom stereocenters. The average molecular weight is 494 g/mol. The Hall–Kier alpha value is -3.84. The summed E-state index contributed by atoms with van der Waals surface area (Å²) in [7, 11) is 1.57. The van der Waals surface area contributed by atoms with Crippen LogP contribution in [-0.4, -0.2) is 22.8 Å². The monoisotopic (exact) mass is 493 g/mol. The first-order chi connectivity index (χ1) is 16.8. The topological polar surface area (TPSA) is 65.4 Å². The summed E-state index contributed by atoms with van der Waals surface area (Å²) in [6.07, 6.45) is 1.54. The van der Waals surface area contributed by atoms with Gasteiger partial charge in [-0.2, -0.15) is 5.10 Å². The molecule has 0 aliphatic carbocycles. The highest BCUT2D eigenvalue weighted by atomic mass is 35.5. The Morgan fingerprint density at radius 2 is 1.86 bits per heavy atom. The Balaban J connectivity index is 1.49. The Labute approximate surface area is 208 Å². The molecule has 0 radical (unpaired) electrons. The summed E-state index contributed by atoms with van der Waals surface area (Å²) in [5.41, 5.74) is 3.69. The van der Waals surface area contributed by atoms with Crippen molar-refractivity contribution in [2.75, 3.05) is 12.4 Å². The van der Waals surface area contributed by atoms with Crippen molar-refractivity contribution in [3.05, 3.63) is 106 Å². The van der Waals surface area contributed by atoms with E-state index in [4.69, 9.17) is 21.1 Å². The molecular formula is C27H25ClFN3O3. The maximum Gasteiger partial charge on any atom is 0.256 e. The molecule has 35 heavy (non-hydrogen) atoms. The molecular weight excluding hydrogens is 469 g/mol. The summed E-state index contributed by atoms with van der Waals surface area (Å²) in [6.45, 7) is 4.39. The van der Waals surface area contributed by atoms with Crippen molar-refractivity contribution in [2.45, 2.75) is 27.0 Å². The second-order valence-corrected chi connectivity index (χ2v) is 8.56. The number of methoxy groups -OCH3 is 1. The number of nitrogens with zero attached hydrogens (tertiary/aromatic N) is 2. The van der Waals surface area contributed by atoms with Gasteiger partial charge in [0.25, 0.3) is 5.91 Å². The summed E-state index contributed by atoms with van der Waals surface area (Å²) in [5, 5.41) is 7.27. The highest BCUT2D eigenvalue weighted by molar-refractivity contribution is 6.33. The number of rotatable bonds is 8. The Bertz CT molecular complexity index is 1370. The summed E-state index contributed by atoms with van der Waals surface area (Å²) in [5.74, 6) is 0.849. The van der Waals surface area contributed by atoms with Crippen LogP contribution in [0.3, 0.4) is 0 Å². The highest BCUT2D eigenvalue weighted by Crippen LogP contribution is 2.26. The fourth-order valence-corrected chi connectivity index (χ4v) is 3.79. The number of ether oxygens (including phenoxy) is 2. The van der Waals surface area contributed by atoms with Crippen molar-refractivity contribution < 1.29 is 18.7 Å². The van der Waals surface area contributed by atoms with Crippen molar-refractivity contribution in [3.63, 3.8) is 0 Å². The van der Waals surface area contributed by atoms with Crippen LogP contribution in [0.25, 0.3) is 0 Å². The molecule has 1 aromatic heterocycles. The molecule has 0 unspecified atom stereocenters. The summed E-state index contributed by atoms with van der Waals surface area (Å²) in [4.78, 5) is 13.0. The number of aryl methyl sites for hydroxylation is 2. The third kappa shape index (κ3) is 5.81. The summed E-state index contributed by atoms with van der Waals surface area (Å²) < 4.78 is 26.9. The van der Waals surface area contributed by atoms with Gasteiger partial charge in [0.1, 0.15) is 28.9 Å². The van der Waals surface area contributed by atoms with E-state index in [1.54, 1.807) is 49.7 Å². The van der Waals surface area contributed by atoms with Gasteiger partial charge in [0.05, 0.1) is 13.7 Å². The van der Waals surface area contributed by atoms with Gasteiger partial charge in [-0.05, 0) is 55.3 Å². The minimum absolute atomic E-state index is 0.185. The molecule has 4 rings (SSSR count). The highest BCUT2D eigenvalue weighted by Gasteiger charge is 2.16. The van der Waals surface area contributed by atoms with Crippen LogP contribution in [0.5, 0.6) is 11.5 Å². The van der Waals surface area contributed by atoms with Gasteiger partial charge in [-0.3, -0.25) is 9.48 Å². The molecule has 180 valence electrons. The smallest absolute Gasteiger partial charge is 0.256 e. The third-order valence-electron chi connectivity index (χ3n) is 5.51. The molecule has 0 bridgehead atoms. The number of hydrogen-bond donors (Lipinski definition) is 1. The maximum atomic E-state index is 14.0. The molecule has 0 aliphatic heterocycles. The fourth-order valence-electron chi connectivity index (χ4n) is 3.59. The van der Waals surface area contributed by atoms with Gasteiger partial charge >= 0.3 is 0 Å². The number of nitrogens with one attached hydrogen (secondary N) is 1. The van der Waals surface area contributed by atoms with Crippen molar-refractivity contribution in [1.29, 1.82) is 0 Å². The number of anilines is 1. The number of amides is 1. The van der Waals surface area contributed by atoms with Crippen LogP contribution in [0.4, 0.5) is 10.2 Å². The minimum Gasteiger partial charge on any atom is -0.496 e. The van der Waals surface area contributed by atoms with E-state index in [1.165, 1.54) is 10.7 Å². The first-order valence-electron chi connectivity index (χ1n) is 11.0. The molecule has 1 amide bonds. The number of benzene rings is 3. The number of hydrogen-bond acceptors (Lipinski definition) is 4. The van der Waals surface area contributed by atoms with Gasteiger partial charge in [0.15, 0.2) is 5.82 Å². The van der Waals surface area contributed by atoms with Crippen molar-refractivity contribution >= 4 is 23.3 Å². The third-order valence-corrected chi connectivity index (χ3v) is 5.79. The molecule has 4 aromatic rings. The van der Waals surface area contributed by atoms with Gasteiger partial charge in [-0.25, -0.2) is 4.39 Å². The number of aromatic nitrogens is 2. The standard InChI is InChI=1S/C27H25ClFN3O3/c1-17-8-9-18(2)25(12-17)35-16-21-13-19(10-11-24(21)34-3)27(33)30-26-22(28)15-32(31-26)14-20-6-4-5-7-23(20)29/h4-13,15H,14,16H2,1-3H3,(H,30,31,33). The van der Waals surface area contributed by atoms with Crippen LogP contribution < -0.4 is 14.8 Å². The van der Waals surface area contributed by atoms with Crippen molar-refractivity contribution in [1.82, 2.24) is 9.78 Å². The Morgan fingerprint density at radius 1 is 1.06 bits per heavy atom. The first-order valence-corrected chi connectivity index (χ1v) is 11.4. The molecule has 1 heterocycles. The van der Waals surface area contributed by atoms with Gasteiger partial charge < -0.3 is 14.8 Å². The zero-order valence-electron chi connectivity index (χ0n) is 19.6. The van der Waals surface area contributed by atoms with E-state index in [0.717, 1.165) is 22.4 Å². The van der Waals surface area contributed by atoms with Crippen molar-refractivity contribution in [3.8, 4) is 11.5 Å². The molecule has 0 saturated carbocycles. The molecule has 0 saturated heterocycles. The maximum absolute atomic E-state index is 14.0. The lowest BCUT2D eigenvalue weighted by atomic mass is 10.1. The largest absolute Gasteiger partial charge is 0.496 e. The number of carbonyl (C=O) groups excluding carboxylic acids is 1. The van der Waals surface area contributed by atoms with Gasteiger partial charge in [0, 0.05) is 22.9 Å². The number of halogens is 2. The second-order valence-electron chi connectivity index (χ2n) is 8.15. The molecule has 0 aliphatic rings. The van der Waals surface area contributed by atoms with Gasteiger partial charge in [-0.1, -0.05) is 41.9 Å². The van der Waals surface area contributed by atoms with Crippen LogP contribution in [0.2, 0.25) is 5.02 Å². The van der Waals surface area contributed by atoms with Crippen LogP contribution in [0, 0.1) is 19.7 Å². The van der Waals surface area contributed by atoms with E-state index in [9.17, 15) is 9.18 Å². The molecule has 0 fully saturated rings. The second kappa shape index (κ2) is 10.6. The SMILES string of the molecule is COc1ccc(C(=O)Nc2nn(Cc3ccccc3F)cc2Cl)cc1COc1cc(C)ccc1C. The summed E-state index contributed by atoms with van der Waals surface area (Å²) >= 11 is 6.27. The van der Waals surface area contributed by atoms with E-state index >= 15 is 0 Å². The fraction of sp³-hybridized carbons (Fsp3) is 0.185. The molecule has 0 spiro atoms. The van der Waals surface area contributed by atoms with E-state index in [0.29, 0.717) is 16.9 Å². The van der Waals surface area contributed by atoms with Gasteiger partial charge in [0.2, 0.25) is 0 Å². The van der Waals surface area contributed by atoms with Crippen molar-refractivity contribution in [2.24, 2.45) is 0 Å². The van der Waals surface area contributed by atoms with Crippen LogP contribution in [0.15, 0.2) is 66.9 Å². The van der Waals surface area contributed by atoms with E-state index < -0.39 is 5.91 Å². The van der Waals surface area contributed by atoms with Crippen LogP contribution in [-0.2, 0) is 13.2 Å². The molecule has 6 nitrogen and oxygen atoms in total. The zero-order chi connectivity index (χ0) is 24.9. The quantitative estimate of drug-likeness (QED) is 0.318. The molecule has 8 heteroatoms. The van der Waals surface area contributed by atoms with E-state index in [2.05, 4.69) is 10.4 Å². The number of carbonyl (C=O) groups is 1. The first kappa shape index (κ1) is 24.3. The molecule has 1 N–H and O–H groups in total. The Kier molecular flexibility index (Phi) is 7.36. The van der Waals surface area contributed by atoms with Crippen LogP contribution in [0.1, 0.15) is 32.6 Å². The predicted octanol–water partition coefficient (Wildman–Crippen LogP) is 6.18. The predicted molar refractivity (Wildman–Crippen MR) is 134 cm³/mol. The molecule has 3 aromatic carbocycles. The van der Waals surface area contributed by atoms with E-state index in [-0.39, 0.29) is 29.8 Å². The van der Waals surface area contributed by atoms with Gasteiger partial charge in [-0.15, -0.1) is 0 Å².